The van der Waals surface area contributed by atoms with E-state index in [1.807, 2.05) is 6.92 Å². The van der Waals surface area contributed by atoms with Crippen LogP contribution < -0.4 is 10.1 Å². The van der Waals surface area contributed by atoms with E-state index in [-0.39, 0.29) is 11.6 Å². The minimum atomic E-state index is -0.682. The van der Waals surface area contributed by atoms with Crippen molar-refractivity contribution in [2.75, 3.05) is 11.9 Å². The summed E-state index contributed by atoms with van der Waals surface area (Å²) in [6.07, 6.45) is 4.18. The largest absolute Gasteiger partial charge is 0.492 e. The highest BCUT2D eigenvalue weighted by Gasteiger charge is 2.42. The molecule has 0 aliphatic heterocycles. The number of nitro benzene ring substituents is 1. The molecule has 148 valence electrons. The molecule has 0 aromatic heterocycles. The molecule has 1 aliphatic carbocycles. The second kappa shape index (κ2) is 8.61. The van der Waals surface area contributed by atoms with Gasteiger partial charge in [-0.25, -0.2) is 0 Å². The Kier molecular flexibility index (Phi) is 6.19. The molecular weight excluding hydrogens is 380 g/mol. The molecule has 0 unspecified atom stereocenters. The Labute approximate surface area is 169 Å². The van der Waals surface area contributed by atoms with E-state index in [0.29, 0.717) is 35.9 Å². The van der Waals surface area contributed by atoms with Crippen molar-refractivity contribution in [3.05, 3.63) is 63.2 Å². The molecule has 1 aliphatic rings. The number of carbonyl (C=O) groups excluding carboxylic acids is 1. The molecule has 1 N–H and O–H groups in total. The summed E-state index contributed by atoms with van der Waals surface area (Å²) in [5.74, 6) is 0.476. The highest BCUT2D eigenvalue weighted by molar-refractivity contribution is 6.32. The van der Waals surface area contributed by atoms with Crippen LogP contribution in [-0.2, 0) is 10.2 Å². The maximum Gasteiger partial charge on any atom is 0.269 e. The quantitative estimate of drug-likeness (QED) is 0.490. The molecule has 0 radical (unpaired) electrons. The third-order valence-electron chi connectivity index (χ3n) is 5.17. The summed E-state index contributed by atoms with van der Waals surface area (Å²) < 4.78 is 5.57. The molecule has 2 aromatic rings. The van der Waals surface area contributed by atoms with Crippen molar-refractivity contribution in [1.29, 1.82) is 0 Å². The molecule has 7 heteroatoms. The predicted octanol–water partition coefficient (Wildman–Crippen LogP) is 5.49. The van der Waals surface area contributed by atoms with Crippen molar-refractivity contribution in [2.45, 2.75) is 44.4 Å². The van der Waals surface area contributed by atoms with E-state index >= 15 is 0 Å². The molecule has 0 spiro atoms. The van der Waals surface area contributed by atoms with Gasteiger partial charge in [0.05, 0.1) is 22.0 Å². The number of ether oxygens (including phenoxy) is 1. The highest BCUT2D eigenvalue weighted by atomic mass is 35.5. The normalized spacial score (nSPS) is 15.2. The van der Waals surface area contributed by atoms with Crippen LogP contribution in [0, 0.1) is 10.1 Å². The lowest BCUT2D eigenvalue weighted by atomic mass is 9.78. The van der Waals surface area contributed by atoms with Gasteiger partial charge < -0.3 is 10.1 Å². The predicted molar refractivity (Wildman–Crippen MR) is 109 cm³/mol. The zero-order valence-corrected chi connectivity index (χ0v) is 16.5. The van der Waals surface area contributed by atoms with Crippen LogP contribution in [0.4, 0.5) is 11.4 Å². The number of nitrogens with one attached hydrogen (secondary N) is 1. The third-order valence-corrected chi connectivity index (χ3v) is 5.47. The van der Waals surface area contributed by atoms with Crippen molar-refractivity contribution >= 4 is 28.9 Å². The first-order chi connectivity index (χ1) is 13.5. The minimum Gasteiger partial charge on any atom is -0.492 e. The molecule has 0 atom stereocenters. The van der Waals surface area contributed by atoms with Crippen LogP contribution in [0.2, 0.25) is 5.02 Å². The van der Waals surface area contributed by atoms with Gasteiger partial charge in [0.25, 0.3) is 5.69 Å². The van der Waals surface area contributed by atoms with Gasteiger partial charge in [-0.15, -0.1) is 0 Å². The Balaban J connectivity index is 1.82. The number of amides is 1. The Bertz CT molecular complexity index is 861. The minimum absolute atomic E-state index is 0.0201. The Morgan fingerprint density at radius 2 is 1.89 bits per heavy atom. The van der Waals surface area contributed by atoms with E-state index in [1.54, 1.807) is 30.3 Å². The van der Waals surface area contributed by atoms with Crippen LogP contribution in [-0.4, -0.2) is 17.4 Å². The van der Waals surface area contributed by atoms with Crippen LogP contribution >= 0.6 is 11.6 Å². The number of non-ortho nitro benzene ring substituents is 1. The number of hydrogen-bond donors (Lipinski definition) is 1. The van der Waals surface area contributed by atoms with E-state index in [0.717, 1.165) is 24.8 Å². The van der Waals surface area contributed by atoms with Crippen molar-refractivity contribution in [2.24, 2.45) is 0 Å². The zero-order valence-electron chi connectivity index (χ0n) is 15.7. The van der Waals surface area contributed by atoms with E-state index < -0.39 is 10.3 Å². The Morgan fingerprint density at radius 1 is 1.21 bits per heavy atom. The van der Waals surface area contributed by atoms with Gasteiger partial charge in [0.15, 0.2) is 0 Å². The van der Waals surface area contributed by atoms with Crippen molar-refractivity contribution in [3.8, 4) is 5.75 Å². The van der Waals surface area contributed by atoms with Gasteiger partial charge in [-0.05, 0) is 43.0 Å². The third kappa shape index (κ3) is 4.12. The fraction of sp³-hybridized carbons (Fsp3) is 0.381. The number of benzene rings is 2. The zero-order chi connectivity index (χ0) is 20.1. The second-order valence-electron chi connectivity index (χ2n) is 7.04. The average Bonchev–Trinajstić information content (AvgIpc) is 3.19. The number of anilines is 1. The summed E-state index contributed by atoms with van der Waals surface area (Å²) in [5.41, 5.74) is 0.750. The van der Waals surface area contributed by atoms with Crippen molar-refractivity contribution in [1.82, 2.24) is 0 Å². The first-order valence-corrected chi connectivity index (χ1v) is 9.83. The van der Waals surface area contributed by atoms with E-state index in [4.69, 9.17) is 16.3 Å². The SMILES string of the molecule is CCCOc1ccc(NC(=O)C2(c3ccc([N+](=O)[O-])cc3)CCCC2)cc1Cl. The van der Waals surface area contributed by atoms with E-state index in [1.165, 1.54) is 12.1 Å². The fourth-order valence-electron chi connectivity index (χ4n) is 3.69. The molecule has 0 saturated heterocycles. The first kappa shape index (κ1) is 20.1. The summed E-state index contributed by atoms with van der Waals surface area (Å²) in [4.78, 5) is 23.7. The number of rotatable bonds is 7. The molecule has 0 bridgehead atoms. The van der Waals surface area contributed by atoms with Crippen molar-refractivity contribution < 1.29 is 14.5 Å². The van der Waals surface area contributed by atoms with Crippen LogP contribution in [0.3, 0.4) is 0 Å². The van der Waals surface area contributed by atoms with Crippen LogP contribution in [0.5, 0.6) is 5.75 Å². The summed E-state index contributed by atoms with van der Waals surface area (Å²) in [6.45, 7) is 2.59. The molecular formula is C21H23ClN2O4. The molecule has 1 saturated carbocycles. The summed E-state index contributed by atoms with van der Waals surface area (Å²) >= 11 is 6.27. The fourth-order valence-corrected chi connectivity index (χ4v) is 3.92. The molecule has 6 nitrogen and oxygen atoms in total. The number of halogens is 1. The van der Waals surface area contributed by atoms with Gasteiger partial charge >= 0.3 is 0 Å². The number of nitro groups is 1. The number of nitrogens with zero attached hydrogens (tertiary/aromatic N) is 1. The van der Waals surface area contributed by atoms with Gasteiger partial charge in [-0.2, -0.15) is 0 Å². The van der Waals surface area contributed by atoms with Gasteiger partial charge in [-0.1, -0.05) is 43.5 Å². The number of hydrogen-bond acceptors (Lipinski definition) is 4. The smallest absolute Gasteiger partial charge is 0.269 e. The summed E-state index contributed by atoms with van der Waals surface area (Å²) in [7, 11) is 0. The van der Waals surface area contributed by atoms with Crippen LogP contribution in [0.25, 0.3) is 0 Å². The summed E-state index contributed by atoms with van der Waals surface area (Å²) in [6, 6.07) is 11.5. The van der Waals surface area contributed by atoms with Gasteiger partial charge in [0.2, 0.25) is 5.91 Å². The molecule has 28 heavy (non-hydrogen) atoms. The Hall–Kier alpha value is -2.60. The molecule has 3 rings (SSSR count). The van der Waals surface area contributed by atoms with Gasteiger partial charge in [-0.3, -0.25) is 14.9 Å². The molecule has 1 amide bonds. The maximum atomic E-state index is 13.2. The summed E-state index contributed by atoms with van der Waals surface area (Å²) in [5, 5.41) is 14.3. The van der Waals surface area contributed by atoms with E-state index in [9.17, 15) is 14.9 Å². The molecule has 2 aromatic carbocycles. The van der Waals surface area contributed by atoms with Crippen LogP contribution in [0.1, 0.15) is 44.6 Å². The lowest BCUT2D eigenvalue weighted by molar-refractivity contribution is -0.384. The topological polar surface area (TPSA) is 81.5 Å². The van der Waals surface area contributed by atoms with Crippen molar-refractivity contribution in [3.63, 3.8) is 0 Å². The van der Waals surface area contributed by atoms with Gasteiger partial charge in [0.1, 0.15) is 5.75 Å². The van der Waals surface area contributed by atoms with Crippen LogP contribution in [0.15, 0.2) is 42.5 Å². The standard InChI is InChI=1S/C21H23ClN2O4/c1-2-13-28-19-10-7-16(14-18(19)22)23-20(25)21(11-3-4-12-21)15-5-8-17(9-6-15)24(26)27/h5-10,14H,2-4,11-13H2,1H3,(H,23,25). The Morgan fingerprint density at radius 3 is 2.46 bits per heavy atom. The van der Waals surface area contributed by atoms with Gasteiger partial charge in [0, 0.05) is 17.8 Å². The monoisotopic (exact) mass is 402 g/mol. The van der Waals surface area contributed by atoms with E-state index in [2.05, 4.69) is 5.32 Å². The maximum absolute atomic E-state index is 13.2. The lowest BCUT2D eigenvalue weighted by Gasteiger charge is -2.28. The average molecular weight is 403 g/mol. The number of carbonyl (C=O) groups is 1. The molecule has 0 heterocycles. The lowest BCUT2D eigenvalue weighted by Crippen LogP contribution is -2.38. The second-order valence-corrected chi connectivity index (χ2v) is 7.45. The first-order valence-electron chi connectivity index (χ1n) is 9.45. The highest BCUT2D eigenvalue weighted by Crippen LogP contribution is 2.42. The molecule has 1 fully saturated rings.